The quantitative estimate of drug-likeness (QED) is 0.151. The van der Waals surface area contributed by atoms with Gasteiger partial charge in [-0.1, -0.05) is 147 Å². The van der Waals surface area contributed by atoms with E-state index < -0.39 is 0 Å². The number of fused-ring (bicyclic) bond motifs is 10. The average molecular weight is 788 g/mol. The molecule has 0 fully saturated rings. The Morgan fingerprint density at radius 2 is 1.15 bits per heavy atom. The van der Waals surface area contributed by atoms with Gasteiger partial charge >= 0.3 is 0 Å². The lowest BCUT2D eigenvalue weighted by Crippen LogP contribution is -2.00. The lowest BCUT2D eigenvalue weighted by atomic mass is 9.92. The maximum atomic E-state index is 6.88. The molecule has 9 aromatic carbocycles. The molecule has 5 heteroatoms. The van der Waals surface area contributed by atoms with E-state index >= 15 is 0 Å². The second-order valence-corrected chi connectivity index (χ2v) is 16.9. The first-order valence-corrected chi connectivity index (χ1v) is 21.5. The molecule has 284 valence electrons. The first kappa shape index (κ1) is 34.8. The third kappa shape index (κ3) is 5.69. The van der Waals surface area contributed by atoms with Crippen LogP contribution >= 0.6 is 11.3 Å². The van der Waals surface area contributed by atoms with E-state index in [1.165, 1.54) is 65.5 Å². The number of hydrogen-bond acceptors (Lipinski definition) is 5. The van der Waals surface area contributed by atoms with Gasteiger partial charge in [0.15, 0.2) is 17.5 Å². The Labute approximate surface area is 350 Å². The molecule has 4 nitrogen and oxygen atoms in total. The number of furan rings is 1. The van der Waals surface area contributed by atoms with Crippen LogP contribution in [0.25, 0.3) is 120 Å². The third-order valence-corrected chi connectivity index (χ3v) is 13.2. The molecule has 3 aromatic heterocycles. The van der Waals surface area contributed by atoms with E-state index in [9.17, 15) is 0 Å². The highest BCUT2D eigenvalue weighted by atomic mass is 32.1. The number of para-hydroxylation sites is 1. The number of nitrogens with zero attached hydrogens (tertiary/aromatic N) is 3. The van der Waals surface area contributed by atoms with Crippen LogP contribution < -0.4 is 0 Å². The van der Waals surface area contributed by atoms with Gasteiger partial charge < -0.3 is 4.42 Å². The summed E-state index contributed by atoms with van der Waals surface area (Å²) >= 11 is 1.83. The van der Waals surface area contributed by atoms with Gasteiger partial charge in [0.25, 0.3) is 0 Å². The molecule has 0 aliphatic carbocycles. The topological polar surface area (TPSA) is 51.8 Å². The van der Waals surface area contributed by atoms with Crippen molar-refractivity contribution in [1.82, 2.24) is 15.0 Å². The molecule has 60 heavy (non-hydrogen) atoms. The van der Waals surface area contributed by atoms with Gasteiger partial charge in [-0.3, -0.25) is 0 Å². The Balaban J connectivity index is 1.06. The second kappa shape index (κ2) is 14.0. The van der Waals surface area contributed by atoms with E-state index in [1.54, 1.807) is 0 Å². The number of rotatable bonds is 7. The highest BCUT2D eigenvalue weighted by Crippen LogP contribution is 2.44. The van der Waals surface area contributed by atoms with E-state index in [0.717, 1.165) is 61.6 Å². The summed E-state index contributed by atoms with van der Waals surface area (Å²) in [6.07, 6.45) is 3.49. The van der Waals surface area contributed by atoms with Gasteiger partial charge in [-0.25, -0.2) is 15.0 Å². The van der Waals surface area contributed by atoms with E-state index in [2.05, 4.69) is 171 Å². The van der Waals surface area contributed by atoms with E-state index in [1.807, 2.05) is 17.4 Å². The van der Waals surface area contributed by atoms with Crippen molar-refractivity contribution >= 4 is 85.8 Å². The van der Waals surface area contributed by atoms with Gasteiger partial charge in [0.05, 0.1) is 0 Å². The molecule has 0 N–H and O–H groups in total. The summed E-state index contributed by atoms with van der Waals surface area (Å²) in [5.41, 5.74) is 8.03. The molecule has 0 aliphatic rings. The van der Waals surface area contributed by atoms with Crippen LogP contribution in [0.4, 0.5) is 0 Å². The molecule has 0 saturated carbocycles. The SMILES string of the molecule is CCCCc1ccc2sc3cc(-c4nc(-c5ccc6ccccc6c5)nc(-c5cccc6oc7c(-c8cc9ccccc9c9ccccc89)cccc7c56)n4)ccc3c2c1. The Bertz CT molecular complexity index is 3670. The van der Waals surface area contributed by atoms with Crippen LogP contribution in [0.15, 0.2) is 174 Å². The van der Waals surface area contributed by atoms with Gasteiger partial charge in [-0.15, -0.1) is 11.3 Å². The number of thiophene rings is 1. The minimum absolute atomic E-state index is 0.607. The molecule has 12 rings (SSSR count). The Morgan fingerprint density at radius 1 is 0.450 bits per heavy atom. The largest absolute Gasteiger partial charge is 0.455 e. The highest BCUT2D eigenvalue weighted by Gasteiger charge is 2.21. The molecule has 0 unspecified atom stereocenters. The predicted octanol–water partition coefficient (Wildman–Crippen LogP) is 15.6. The maximum absolute atomic E-state index is 6.88. The average Bonchev–Trinajstić information content (AvgIpc) is 3.88. The monoisotopic (exact) mass is 787 g/mol. The van der Waals surface area contributed by atoms with Crippen LogP contribution in [-0.2, 0) is 6.42 Å². The number of hydrogen-bond donors (Lipinski definition) is 0. The van der Waals surface area contributed by atoms with Crippen molar-refractivity contribution in [3.05, 3.63) is 175 Å². The summed E-state index contributed by atoms with van der Waals surface area (Å²) < 4.78 is 9.40. The summed E-state index contributed by atoms with van der Waals surface area (Å²) in [5.74, 6) is 1.88. The van der Waals surface area contributed by atoms with E-state index in [-0.39, 0.29) is 0 Å². The maximum Gasteiger partial charge on any atom is 0.164 e. The summed E-state index contributed by atoms with van der Waals surface area (Å²) in [5, 5.41) is 11.8. The molecular weight excluding hydrogens is 751 g/mol. The van der Waals surface area contributed by atoms with Crippen molar-refractivity contribution in [3.63, 3.8) is 0 Å². The standard InChI is InChI=1S/C55H37N3OS/c1-2-3-12-33-23-28-49-47(29-33)42-27-26-38(32-50(42)60-49)54-56-53(37-25-24-34-13-4-5-14-35(34)30-37)57-55(58-54)45-21-11-22-48-51(45)44-20-10-19-43(52(44)59-48)46-31-36-15-6-7-16-39(36)40-17-8-9-18-41(40)46/h4-11,13-32H,2-3,12H2,1H3. The minimum atomic E-state index is 0.607. The van der Waals surface area contributed by atoms with Crippen molar-refractivity contribution in [2.45, 2.75) is 26.2 Å². The summed E-state index contributed by atoms with van der Waals surface area (Å²) in [7, 11) is 0. The Kier molecular flexibility index (Phi) is 8.10. The smallest absolute Gasteiger partial charge is 0.164 e. The number of aryl methyl sites for hydroxylation is 1. The molecule has 0 aliphatic heterocycles. The van der Waals surface area contributed by atoms with Crippen LogP contribution in [0.3, 0.4) is 0 Å². The molecule has 0 atom stereocenters. The van der Waals surface area contributed by atoms with Gasteiger partial charge in [0.2, 0.25) is 0 Å². The van der Waals surface area contributed by atoms with Crippen LogP contribution in [0.2, 0.25) is 0 Å². The highest BCUT2D eigenvalue weighted by molar-refractivity contribution is 7.25. The van der Waals surface area contributed by atoms with E-state index in [4.69, 9.17) is 19.4 Å². The number of benzene rings is 9. The van der Waals surface area contributed by atoms with Crippen molar-refractivity contribution < 1.29 is 4.42 Å². The van der Waals surface area contributed by atoms with Crippen molar-refractivity contribution in [2.24, 2.45) is 0 Å². The van der Waals surface area contributed by atoms with Gasteiger partial charge in [-0.2, -0.15) is 0 Å². The van der Waals surface area contributed by atoms with Crippen LogP contribution in [0, 0.1) is 0 Å². The molecule has 3 heterocycles. The summed E-state index contributed by atoms with van der Waals surface area (Å²) in [6.45, 7) is 2.25. The molecule has 0 bridgehead atoms. The first-order chi connectivity index (χ1) is 29.7. The zero-order chi connectivity index (χ0) is 39.7. The van der Waals surface area contributed by atoms with Crippen LogP contribution in [0.5, 0.6) is 0 Å². The van der Waals surface area contributed by atoms with Gasteiger partial charge in [-0.05, 0) is 92.7 Å². The fourth-order valence-corrected chi connectivity index (χ4v) is 10.2. The van der Waals surface area contributed by atoms with Crippen molar-refractivity contribution in [2.75, 3.05) is 0 Å². The number of aromatic nitrogens is 3. The minimum Gasteiger partial charge on any atom is -0.455 e. The predicted molar refractivity (Wildman–Crippen MR) is 253 cm³/mol. The summed E-state index contributed by atoms with van der Waals surface area (Å²) in [6, 6.07) is 60.7. The second-order valence-electron chi connectivity index (χ2n) is 15.8. The molecule has 0 spiro atoms. The Morgan fingerprint density at radius 3 is 2.02 bits per heavy atom. The summed E-state index contributed by atoms with van der Waals surface area (Å²) in [4.78, 5) is 15.8. The number of unbranched alkanes of at least 4 members (excludes halogenated alkanes) is 1. The van der Waals surface area contributed by atoms with E-state index in [0.29, 0.717) is 17.5 Å². The van der Waals surface area contributed by atoms with Gasteiger partial charge in [0, 0.05) is 53.2 Å². The third-order valence-electron chi connectivity index (χ3n) is 12.1. The molecule has 12 aromatic rings. The zero-order valence-electron chi connectivity index (χ0n) is 32.9. The lowest BCUT2D eigenvalue weighted by Gasteiger charge is -2.11. The molecule has 0 radical (unpaired) electrons. The van der Waals surface area contributed by atoms with Crippen LogP contribution in [0.1, 0.15) is 25.3 Å². The zero-order valence-corrected chi connectivity index (χ0v) is 33.8. The Hall–Kier alpha value is -7.21. The first-order valence-electron chi connectivity index (χ1n) is 20.7. The van der Waals surface area contributed by atoms with Crippen molar-refractivity contribution in [1.29, 1.82) is 0 Å². The fourth-order valence-electron chi connectivity index (χ4n) is 9.11. The molecule has 0 saturated heterocycles. The molecular formula is C55H37N3OS. The lowest BCUT2D eigenvalue weighted by molar-refractivity contribution is 0.670. The normalized spacial score (nSPS) is 11.9. The van der Waals surface area contributed by atoms with Crippen molar-refractivity contribution in [3.8, 4) is 45.3 Å². The van der Waals surface area contributed by atoms with Gasteiger partial charge in [0.1, 0.15) is 11.2 Å². The molecule has 0 amide bonds. The fraction of sp³-hybridized carbons (Fsp3) is 0.0727. The van der Waals surface area contributed by atoms with Crippen LogP contribution in [-0.4, -0.2) is 15.0 Å².